The third-order valence-electron chi connectivity index (χ3n) is 9.25. The summed E-state index contributed by atoms with van der Waals surface area (Å²) in [5.74, 6) is -2.89. The Morgan fingerprint density at radius 2 is 1.62 bits per heavy atom. The molecule has 0 bridgehead atoms. The van der Waals surface area contributed by atoms with E-state index in [1.165, 1.54) is 4.90 Å². The molecule has 220 valence electrons. The van der Waals surface area contributed by atoms with Crippen molar-refractivity contribution in [2.75, 3.05) is 24.6 Å². The summed E-state index contributed by atoms with van der Waals surface area (Å²) in [6.07, 6.45) is 7.44. The zero-order valence-electron chi connectivity index (χ0n) is 24.0. The van der Waals surface area contributed by atoms with Crippen LogP contribution in [0.4, 0.5) is 5.69 Å². The van der Waals surface area contributed by atoms with Gasteiger partial charge in [-0.15, -0.1) is 0 Å². The highest BCUT2D eigenvalue weighted by Gasteiger charge is 2.75. The van der Waals surface area contributed by atoms with Gasteiger partial charge in [0.05, 0.1) is 40.8 Å². The summed E-state index contributed by atoms with van der Waals surface area (Å²) in [4.78, 5) is 48.5. The van der Waals surface area contributed by atoms with E-state index in [0.29, 0.717) is 23.8 Å². The topological polar surface area (TPSA) is 90.4 Å². The molecule has 6 atom stereocenters. The van der Waals surface area contributed by atoms with E-state index in [1.54, 1.807) is 34.1 Å². The van der Waals surface area contributed by atoms with E-state index in [0.717, 1.165) is 5.56 Å². The maximum atomic E-state index is 14.7. The number of benzene rings is 2. The fraction of sp³-hybridized carbons (Fsp3) is 0.424. The van der Waals surface area contributed by atoms with Crippen molar-refractivity contribution >= 4 is 35.0 Å². The molecule has 2 saturated heterocycles. The molecule has 0 saturated carbocycles. The minimum absolute atomic E-state index is 0.158. The number of aliphatic hydroxyl groups is 1. The Morgan fingerprint density at radius 1 is 0.929 bits per heavy atom. The molecule has 4 heterocycles. The summed E-state index contributed by atoms with van der Waals surface area (Å²) in [6, 6.07) is 15.1. The van der Waals surface area contributed by atoms with E-state index >= 15 is 0 Å². The van der Waals surface area contributed by atoms with Crippen LogP contribution in [0, 0.1) is 17.8 Å². The smallest absolute Gasteiger partial charge is 0.253 e. The summed E-state index contributed by atoms with van der Waals surface area (Å²) in [7, 11) is 0. The van der Waals surface area contributed by atoms with Crippen LogP contribution < -0.4 is 4.90 Å². The lowest BCUT2D eigenvalue weighted by Crippen LogP contribution is -2.59. The van der Waals surface area contributed by atoms with Crippen LogP contribution in [0.3, 0.4) is 0 Å². The number of rotatable bonds is 6. The Kier molecular flexibility index (Phi) is 7.28. The van der Waals surface area contributed by atoms with Crippen molar-refractivity contribution in [2.24, 2.45) is 17.8 Å². The summed E-state index contributed by atoms with van der Waals surface area (Å²) < 4.78 is 6.91. The monoisotopic (exact) mass is 589 g/mol. The Balaban J connectivity index is 1.48. The number of nitrogens with zero attached hydrogens (tertiary/aromatic N) is 3. The molecular formula is C33H36ClN3O5. The number of likely N-dealkylation sites (tertiary alicyclic amines) is 1. The van der Waals surface area contributed by atoms with Gasteiger partial charge in [0, 0.05) is 19.6 Å². The summed E-state index contributed by atoms with van der Waals surface area (Å²) >= 11 is 6.55. The SMILES string of the molecule is CC(C)[C@H](CO)N1C(=O)[C@@H]2[C@H]3C(=O)N(Cc4ccccc4)CC=C[C@@]3(C)O[C@@]23C=CCN(c2ccccc2Cl)C(=O)C13. The first-order valence-corrected chi connectivity index (χ1v) is 14.9. The molecule has 1 unspecified atom stereocenters. The van der Waals surface area contributed by atoms with Gasteiger partial charge in [-0.3, -0.25) is 14.4 Å². The minimum Gasteiger partial charge on any atom is -0.394 e. The van der Waals surface area contributed by atoms with Gasteiger partial charge in [-0.2, -0.15) is 0 Å². The van der Waals surface area contributed by atoms with E-state index in [9.17, 15) is 19.5 Å². The predicted octanol–water partition coefficient (Wildman–Crippen LogP) is 3.83. The average Bonchev–Trinajstić information content (AvgIpc) is 3.23. The highest BCUT2D eigenvalue weighted by Crippen LogP contribution is 2.58. The quantitative estimate of drug-likeness (QED) is 0.517. The molecule has 2 fully saturated rings. The van der Waals surface area contributed by atoms with Gasteiger partial charge in [0.1, 0.15) is 11.6 Å². The van der Waals surface area contributed by atoms with Crippen molar-refractivity contribution in [3.05, 3.63) is 89.5 Å². The average molecular weight is 590 g/mol. The molecule has 0 radical (unpaired) electrons. The van der Waals surface area contributed by atoms with Gasteiger partial charge in [-0.25, -0.2) is 0 Å². The maximum absolute atomic E-state index is 14.7. The molecule has 0 aromatic heterocycles. The highest BCUT2D eigenvalue weighted by molar-refractivity contribution is 6.34. The lowest BCUT2D eigenvalue weighted by molar-refractivity contribution is -0.152. The van der Waals surface area contributed by atoms with Crippen LogP contribution in [0.5, 0.6) is 0 Å². The van der Waals surface area contributed by atoms with Crippen LogP contribution in [0.15, 0.2) is 78.9 Å². The normalized spacial score (nSPS) is 31.2. The van der Waals surface area contributed by atoms with E-state index in [1.807, 2.05) is 75.4 Å². The number of aliphatic hydroxyl groups excluding tert-OH is 1. The van der Waals surface area contributed by atoms with E-state index < -0.39 is 35.1 Å². The Hall–Kier alpha value is -3.46. The number of carbonyl (C=O) groups is 3. The van der Waals surface area contributed by atoms with E-state index in [2.05, 4.69) is 0 Å². The predicted molar refractivity (Wildman–Crippen MR) is 159 cm³/mol. The van der Waals surface area contributed by atoms with Crippen LogP contribution in [-0.2, 0) is 25.7 Å². The molecule has 1 spiro atoms. The van der Waals surface area contributed by atoms with Crippen LogP contribution in [0.2, 0.25) is 5.02 Å². The number of hydrogen-bond donors (Lipinski definition) is 1. The maximum Gasteiger partial charge on any atom is 0.253 e. The lowest BCUT2D eigenvalue weighted by atomic mass is 9.74. The van der Waals surface area contributed by atoms with E-state index in [-0.39, 0.29) is 36.8 Å². The van der Waals surface area contributed by atoms with Crippen LogP contribution in [0.25, 0.3) is 0 Å². The van der Waals surface area contributed by atoms with Gasteiger partial charge in [0.25, 0.3) is 5.91 Å². The minimum atomic E-state index is -1.42. The number of amides is 3. The number of anilines is 1. The lowest BCUT2D eigenvalue weighted by Gasteiger charge is -2.41. The van der Waals surface area contributed by atoms with Crippen molar-refractivity contribution in [1.82, 2.24) is 9.80 Å². The second-order valence-electron chi connectivity index (χ2n) is 12.1. The molecule has 42 heavy (non-hydrogen) atoms. The zero-order chi connectivity index (χ0) is 29.8. The molecule has 6 rings (SSSR count). The molecule has 0 aliphatic carbocycles. The molecule has 2 aromatic rings. The molecule has 9 heteroatoms. The van der Waals surface area contributed by atoms with Crippen molar-refractivity contribution in [1.29, 1.82) is 0 Å². The first-order chi connectivity index (χ1) is 20.1. The van der Waals surface area contributed by atoms with Gasteiger partial charge in [-0.05, 0) is 30.5 Å². The molecule has 2 aromatic carbocycles. The highest BCUT2D eigenvalue weighted by atomic mass is 35.5. The van der Waals surface area contributed by atoms with Gasteiger partial charge >= 0.3 is 0 Å². The summed E-state index contributed by atoms with van der Waals surface area (Å²) in [5.41, 5.74) is -1.03. The third-order valence-corrected chi connectivity index (χ3v) is 9.57. The summed E-state index contributed by atoms with van der Waals surface area (Å²) in [5, 5.41) is 10.9. The Morgan fingerprint density at radius 3 is 2.31 bits per heavy atom. The first kappa shape index (κ1) is 28.6. The second-order valence-corrected chi connectivity index (χ2v) is 12.6. The molecule has 1 N–H and O–H groups in total. The molecule has 3 amide bonds. The Bertz CT molecular complexity index is 1460. The molecular weight excluding hydrogens is 554 g/mol. The number of para-hydroxylation sites is 1. The van der Waals surface area contributed by atoms with Crippen LogP contribution in [0.1, 0.15) is 26.3 Å². The first-order valence-electron chi connectivity index (χ1n) is 14.5. The van der Waals surface area contributed by atoms with Gasteiger partial charge in [-0.1, -0.05) is 92.2 Å². The van der Waals surface area contributed by atoms with Gasteiger partial charge in [0.2, 0.25) is 11.8 Å². The molecule has 4 aliphatic heterocycles. The van der Waals surface area contributed by atoms with Gasteiger partial charge in [0.15, 0.2) is 0 Å². The largest absolute Gasteiger partial charge is 0.394 e. The standard InChI is InChI=1S/C33H36ClN3O5/c1-21(2)25(20-38)37-28-31(41)36(24-14-8-7-13-23(24)34)18-10-16-33(28)27(30(37)40)26-29(39)35(17-9-15-32(26,3)42-33)19-22-11-5-4-6-12-22/h4-16,21,25-28,38H,17-20H2,1-3H3/t25-,26-,27-,28?,32+,33-/m0/s1. The fourth-order valence-electron chi connectivity index (χ4n) is 7.32. The number of carbonyl (C=O) groups excluding carboxylic acids is 3. The number of halogens is 1. The van der Waals surface area contributed by atoms with E-state index in [4.69, 9.17) is 16.3 Å². The van der Waals surface area contributed by atoms with Crippen molar-refractivity contribution < 1.29 is 24.2 Å². The third kappa shape index (κ3) is 4.31. The summed E-state index contributed by atoms with van der Waals surface area (Å²) in [6.45, 7) is 6.30. The number of fused-ring (bicyclic) bond motifs is 2. The van der Waals surface area contributed by atoms with Crippen molar-refractivity contribution in [2.45, 2.75) is 50.6 Å². The van der Waals surface area contributed by atoms with Crippen LogP contribution >= 0.6 is 11.6 Å². The van der Waals surface area contributed by atoms with Crippen molar-refractivity contribution in [3.8, 4) is 0 Å². The molecule has 4 aliphatic rings. The molecule has 8 nitrogen and oxygen atoms in total. The Labute approximate surface area is 251 Å². The van der Waals surface area contributed by atoms with Crippen LogP contribution in [-0.4, -0.2) is 75.6 Å². The number of hydrogen-bond acceptors (Lipinski definition) is 5. The van der Waals surface area contributed by atoms with Crippen molar-refractivity contribution in [3.63, 3.8) is 0 Å². The number of ether oxygens (including phenoxy) is 1. The zero-order valence-corrected chi connectivity index (χ0v) is 24.8. The second kappa shape index (κ2) is 10.7. The fourth-order valence-corrected chi connectivity index (χ4v) is 7.56. The van der Waals surface area contributed by atoms with Gasteiger partial charge < -0.3 is 24.5 Å².